The quantitative estimate of drug-likeness (QED) is 0.853. The fraction of sp³-hybridized carbons (Fsp3) is 0.625. The van der Waals surface area contributed by atoms with Crippen molar-refractivity contribution in [2.24, 2.45) is 5.73 Å². The Hall–Kier alpha value is -1.16. The summed E-state index contributed by atoms with van der Waals surface area (Å²) in [5.41, 5.74) is 6.56. The van der Waals surface area contributed by atoms with E-state index in [4.69, 9.17) is 5.73 Å². The molecule has 0 aliphatic heterocycles. The lowest BCUT2D eigenvalue weighted by Gasteiger charge is -2.29. The van der Waals surface area contributed by atoms with Gasteiger partial charge in [-0.25, -0.2) is 8.78 Å². The number of aromatic hydroxyl groups is 1. The highest BCUT2D eigenvalue weighted by molar-refractivity contribution is 5.50. The second kappa shape index (κ2) is 5.32. The van der Waals surface area contributed by atoms with Gasteiger partial charge in [0.25, 0.3) is 6.43 Å². The van der Waals surface area contributed by atoms with Crippen LogP contribution in [0.25, 0.3) is 0 Å². The van der Waals surface area contributed by atoms with E-state index in [9.17, 15) is 13.9 Å². The molecule has 0 aliphatic carbocycles. The molecule has 1 aromatic rings. The van der Waals surface area contributed by atoms with E-state index in [2.05, 4.69) is 0 Å². The van der Waals surface area contributed by atoms with E-state index < -0.39 is 12.5 Å². The molecule has 0 spiro atoms. The van der Waals surface area contributed by atoms with E-state index in [0.717, 1.165) is 0 Å². The van der Waals surface area contributed by atoms with Crippen molar-refractivity contribution in [3.05, 3.63) is 28.8 Å². The lowest BCUT2D eigenvalue weighted by Crippen LogP contribution is -2.23. The molecule has 0 unspecified atom stereocenters. The molecule has 0 aromatic heterocycles. The first-order chi connectivity index (χ1) is 8.85. The number of nitrogens with two attached hydrogens (primary N) is 1. The van der Waals surface area contributed by atoms with E-state index in [1.807, 2.05) is 41.5 Å². The Bertz CT molecular complexity index is 449. The van der Waals surface area contributed by atoms with Crippen LogP contribution in [0, 0.1) is 0 Å². The van der Waals surface area contributed by atoms with Crippen molar-refractivity contribution < 1.29 is 13.9 Å². The van der Waals surface area contributed by atoms with Crippen LogP contribution in [0.2, 0.25) is 0 Å². The first-order valence-corrected chi connectivity index (χ1v) is 6.77. The summed E-state index contributed by atoms with van der Waals surface area (Å²) in [6.07, 6.45) is -2.62. The Morgan fingerprint density at radius 1 is 0.950 bits per heavy atom. The fourth-order valence-electron chi connectivity index (χ4n) is 2.14. The number of alkyl halides is 2. The molecular weight excluding hydrogens is 260 g/mol. The lowest BCUT2D eigenvalue weighted by atomic mass is 9.78. The molecule has 0 radical (unpaired) electrons. The van der Waals surface area contributed by atoms with Gasteiger partial charge in [0.2, 0.25) is 0 Å². The summed E-state index contributed by atoms with van der Waals surface area (Å²) in [7, 11) is 0. The van der Waals surface area contributed by atoms with Gasteiger partial charge in [0.05, 0.1) is 6.04 Å². The molecule has 0 amide bonds. The van der Waals surface area contributed by atoms with Gasteiger partial charge in [-0.15, -0.1) is 0 Å². The van der Waals surface area contributed by atoms with E-state index in [-0.39, 0.29) is 16.6 Å². The Balaban J connectivity index is 3.59. The molecule has 4 heteroatoms. The molecule has 0 bridgehead atoms. The summed E-state index contributed by atoms with van der Waals surface area (Å²) in [6, 6.07) is 1.86. The van der Waals surface area contributed by atoms with Crippen molar-refractivity contribution in [1.29, 1.82) is 0 Å². The van der Waals surface area contributed by atoms with Gasteiger partial charge in [-0.2, -0.15) is 0 Å². The third-order valence-corrected chi connectivity index (χ3v) is 3.40. The maximum atomic E-state index is 12.9. The van der Waals surface area contributed by atoms with E-state index in [1.54, 1.807) is 12.1 Å². The number of hydrogen-bond donors (Lipinski definition) is 2. The zero-order chi connectivity index (χ0) is 15.9. The maximum absolute atomic E-state index is 12.9. The molecule has 1 atom stereocenters. The molecular formula is C16H25F2NO. The first-order valence-electron chi connectivity index (χ1n) is 6.77. The zero-order valence-corrected chi connectivity index (χ0v) is 13.1. The Morgan fingerprint density at radius 2 is 1.30 bits per heavy atom. The number of hydrogen-bond acceptors (Lipinski definition) is 2. The Labute approximate surface area is 120 Å². The molecule has 0 fully saturated rings. The van der Waals surface area contributed by atoms with Crippen LogP contribution in [0.3, 0.4) is 0 Å². The zero-order valence-electron chi connectivity index (χ0n) is 13.1. The summed E-state index contributed by atoms with van der Waals surface area (Å²) in [5, 5.41) is 10.5. The molecule has 114 valence electrons. The fourth-order valence-corrected chi connectivity index (χ4v) is 2.14. The Morgan fingerprint density at radius 3 is 1.55 bits per heavy atom. The van der Waals surface area contributed by atoms with Crippen molar-refractivity contribution >= 4 is 0 Å². The minimum atomic E-state index is -2.62. The maximum Gasteiger partial charge on any atom is 0.257 e. The largest absolute Gasteiger partial charge is 0.507 e. The minimum absolute atomic E-state index is 0.176. The lowest BCUT2D eigenvalue weighted by molar-refractivity contribution is 0.116. The monoisotopic (exact) mass is 285 g/mol. The average molecular weight is 285 g/mol. The minimum Gasteiger partial charge on any atom is -0.507 e. The molecule has 1 aromatic carbocycles. The number of benzene rings is 1. The van der Waals surface area contributed by atoms with Gasteiger partial charge in [0.1, 0.15) is 5.75 Å². The van der Waals surface area contributed by atoms with Crippen LogP contribution < -0.4 is 5.73 Å². The van der Waals surface area contributed by atoms with Gasteiger partial charge >= 0.3 is 0 Å². The predicted molar refractivity (Wildman–Crippen MR) is 78.4 cm³/mol. The van der Waals surface area contributed by atoms with Crippen LogP contribution in [0.4, 0.5) is 8.78 Å². The van der Waals surface area contributed by atoms with Gasteiger partial charge in [-0.1, -0.05) is 41.5 Å². The van der Waals surface area contributed by atoms with Crippen LogP contribution in [0.5, 0.6) is 5.75 Å². The number of halogens is 2. The third-order valence-electron chi connectivity index (χ3n) is 3.40. The van der Waals surface area contributed by atoms with Crippen molar-refractivity contribution in [1.82, 2.24) is 0 Å². The number of phenols is 1. The molecule has 0 saturated carbocycles. The molecule has 20 heavy (non-hydrogen) atoms. The first kappa shape index (κ1) is 16.9. The summed E-state index contributed by atoms with van der Waals surface area (Å²) >= 11 is 0. The van der Waals surface area contributed by atoms with Crippen molar-refractivity contribution in [2.45, 2.75) is 64.8 Å². The second-order valence-corrected chi connectivity index (χ2v) is 7.32. The average Bonchev–Trinajstić information content (AvgIpc) is 2.24. The van der Waals surface area contributed by atoms with E-state index in [1.165, 1.54) is 0 Å². The van der Waals surface area contributed by atoms with Crippen LogP contribution in [0.1, 0.15) is 64.3 Å². The van der Waals surface area contributed by atoms with Gasteiger partial charge < -0.3 is 10.8 Å². The number of phenolic OH excluding ortho intramolecular Hbond substituents is 1. The SMILES string of the molecule is CC(C)(C)c1cc([C@H](N)C(F)F)cc(C(C)(C)C)c1O. The predicted octanol–water partition coefficient (Wildman–Crippen LogP) is 4.25. The summed E-state index contributed by atoms with van der Waals surface area (Å²) in [4.78, 5) is 0. The topological polar surface area (TPSA) is 46.2 Å². The second-order valence-electron chi connectivity index (χ2n) is 7.32. The van der Waals surface area contributed by atoms with Crippen molar-refractivity contribution in [2.75, 3.05) is 0 Å². The van der Waals surface area contributed by atoms with Gasteiger partial charge in [-0.3, -0.25) is 0 Å². The normalized spacial score (nSPS) is 14.7. The smallest absolute Gasteiger partial charge is 0.257 e. The summed E-state index contributed by atoms with van der Waals surface area (Å²) in [5.74, 6) is 0.176. The Kier molecular flexibility index (Phi) is 4.49. The van der Waals surface area contributed by atoms with Crippen LogP contribution in [0.15, 0.2) is 12.1 Å². The molecule has 3 N–H and O–H groups in total. The number of rotatable bonds is 2. The highest BCUT2D eigenvalue weighted by atomic mass is 19.3. The van der Waals surface area contributed by atoms with Gasteiger partial charge in [0, 0.05) is 0 Å². The molecule has 1 rings (SSSR count). The van der Waals surface area contributed by atoms with Crippen LogP contribution in [-0.4, -0.2) is 11.5 Å². The van der Waals surface area contributed by atoms with Gasteiger partial charge in [-0.05, 0) is 39.7 Å². The highest BCUT2D eigenvalue weighted by Crippen LogP contribution is 2.41. The molecule has 0 saturated heterocycles. The molecule has 0 aliphatic rings. The molecule has 0 heterocycles. The van der Waals surface area contributed by atoms with Crippen LogP contribution >= 0.6 is 0 Å². The van der Waals surface area contributed by atoms with E-state index in [0.29, 0.717) is 16.7 Å². The summed E-state index contributed by atoms with van der Waals surface area (Å²) < 4.78 is 25.8. The third kappa shape index (κ3) is 3.48. The van der Waals surface area contributed by atoms with Crippen molar-refractivity contribution in [3.63, 3.8) is 0 Å². The van der Waals surface area contributed by atoms with Crippen molar-refractivity contribution in [3.8, 4) is 5.75 Å². The van der Waals surface area contributed by atoms with E-state index >= 15 is 0 Å². The summed E-state index contributed by atoms with van der Waals surface area (Å²) in [6.45, 7) is 11.6. The standard InChI is InChI=1S/C16H25F2NO/c1-15(2,3)10-7-9(12(19)14(17)18)8-11(13(10)20)16(4,5)6/h7-8,12,14,20H,19H2,1-6H3/t12-/m0/s1. The molecule has 2 nitrogen and oxygen atoms in total. The highest BCUT2D eigenvalue weighted by Gasteiger charge is 2.29. The van der Waals surface area contributed by atoms with Crippen LogP contribution in [-0.2, 0) is 10.8 Å². The van der Waals surface area contributed by atoms with Gasteiger partial charge in [0.15, 0.2) is 0 Å².